The van der Waals surface area contributed by atoms with Crippen molar-refractivity contribution in [2.45, 2.75) is 31.8 Å². The molecule has 0 aromatic carbocycles. The topological polar surface area (TPSA) is 80.0 Å². The van der Waals surface area contributed by atoms with Crippen molar-refractivity contribution < 1.29 is 4.79 Å². The van der Waals surface area contributed by atoms with Crippen LogP contribution in [0.3, 0.4) is 0 Å². The first-order chi connectivity index (χ1) is 11.9. The lowest BCUT2D eigenvalue weighted by Crippen LogP contribution is -2.57. The second kappa shape index (κ2) is 6.87. The lowest BCUT2D eigenvalue weighted by molar-refractivity contribution is -0.126. The van der Waals surface area contributed by atoms with Gasteiger partial charge in [-0.05, 0) is 25.8 Å². The minimum Gasteiger partial charge on any atom is -0.357 e. The molecule has 0 radical (unpaired) electrons. The Morgan fingerprint density at radius 2 is 2.00 bits per heavy atom. The normalized spacial score (nSPS) is 17.4. The number of piperidine rings is 1. The van der Waals surface area contributed by atoms with Gasteiger partial charge in [0.2, 0.25) is 5.91 Å². The van der Waals surface area contributed by atoms with E-state index in [1.54, 1.807) is 17.9 Å². The molecule has 0 unspecified atom stereocenters. The third-order valence-corrected chi connectivity index (χ3v) is 5.04. The Balaban J connectivity index is 1.70. The van der Waals surface area contributed by atoms with E-state index in [1.165, 1.54) is 5.69 Å². The van der Waals surface area contributed by atoms with Gasteiger partial charge in [-0.25, -0.2) is 0 Å². The first kappa shape index (κ1) is 17.5. The molecule has 8 heteroatoms. The number of nitrogens with zero attached hydrogens (tertiary/aromatic N) is 5. The van der Waals surface area contributed by atoms with Crippen LogP contribution in [0.1, 0.15) is 24.2 Å². The van der Waals surface area contributed by atoms with Crippen molar-refractivity contribution in [3.05, 3.63) is 29.7 Å². The van der Waals surface area contributed by atoms with Crippen LogP contribution in [0.5, 0.6) is 0 Å². The number of nitrogens with one attached hydrogen (secondary N) is 2. The molecule has 0 spiro atoms. The minimum absolute atomic E-state index is 0.0322. The van der Waals surface area contributed by atoms with Gasteiger partial charge >= 0.3 is 0 Å². The number of amides is 1. The largest absolute Gasteiger partial charge is 0.357 e. The fraction of sp³-hybridized carbons (Fsp3) is 0.588. The lowest BCUT2D eigenvalue weighted by atomic mass is 9.86. The maximum absolute atomic E-state index is 12.6. The van der Waals surface area contributed by atoms with Crippen LogP contribution < -0.4 is 10.6 Å². The van der Waals surface area contributed by atoms with Crippen molar-refractivity contribution in [2.24, 2.45) is 14.1 Å². The van der Waals surface area contributed by atoms with E-state index in [2.05, 4.69) is 31.8 Å². The summed E-state index contributed by atoms with van der Waals surface area (Å²) in [7, 11) is 5.55. The monoisotopic (exact) mass is 345 g/mol. The predicted molar refractivity (Wildman–Crippen MR) is 96.1 cm³/mol. The zero-order chi connectivity index (χ0) is 18.0. The summed E-state index contributed by atoms with van der Waals surface area (Å²) in [5.41, 5.74) is 1.64. The number of hydrogen-bond acceptors (Lipinski definition) is 5. The third kappa shape index (κ3) is 3.53. The second-order valence-electron chi connectivity index (χ2n) is 6.80. The summed E-state index contributed by atoms with van der Waals surface area (Å²) in [6.45, 7) is 4.56. The highest BCUT2D eigenvalue weighted by atomic mass is 16.2. The van der Waals surface area contributed by atoms with Crippen molar-refractivity contribution in [1.82, 2.24) is 29.8 Å². The van der Waals surface area contributed by atoms with Crippen LogP contribution in [-0.2, 0) is 25.4 Å². The zero-order valence-electron chi connectivity index (χ0n) is 15.4. The van der Waals surface area contributed by atoms with Gasteiger partial charge in [-0.3, -0.25) is 19.1 Å². The van der Waals surface area contributed by atoms with Crippen LogP contribution in [0.4, 0.5) is 5.82 Å². The molecule has 136 valence electrons. The van der Waals surface area contributed by atoms with E-state index < -0.39 is 5.54 Å². The molecule has 1 fully saturated rings. The molecule has 3 heterocycles. The molecule has 0 aliphatic carbocycles. The predicted octanol–water partition coefficient (Wildman–Crippen LogP) is 0.655. The summed E-state index contributed by atoms with van der Waals surface area (Å²) in [5.74, 6) is 0.893. The average molecular weight is 345 g/mol. The molecule has 1 saturated heterocycles. The highest BCUT2D eigenvalue weighted by Crippen LogP contribution is 2.28. The van der Waals surface area contributed by atoms with Crippen LogP contribution in [0.2, 0.25) is 0 Å². The Morgan fingerprint density at radius 1 is 1.28 bits per heavy atom. The van der Waals surface area contributed by atoms with Crippen LogP contribution in [0.25, 0.3) is 0 Å². The maximum atomic E-state index is 12.6. The summed E-state index contributed by atoms with van der Waals surface area (Å²) < 4.78 is 3.69. The molecule has 2 N–H and O–H groups in total. The molecule has 1 amide bonds. The molecular formula is C17H27N7O. The van der Waals surface area contributed by atoms with E-state index in [-0.39, 0.29) is 5.91 Å². The third-order valence-electron chi connectivity index (χ3n) is 5.04. The number of aryl methyl sites for hydroxylation is 3. The van der Waals surface area contributed by atoms with E-state index in [0.29, 0.717) is 0 Å². The Labute approximate surface area is 148 Å². The van der Waals surface area contributed by atoms with Gasteiger partial charge in [0.15, 0.2) is 0 Å². The van der Waals surface area contributed by atoms with Gasteiger partial charge in [0.25, 0.3) is 0 Å². The first-order valence-electron chi connectivity index (χ1n) is 8.64. The summed E-state index contributed by atoms with van der Waals surface area (Å²) in [4.78, 5) is 15.0. The van der Waals surface area contributed by atoms with Crippen LogP contribution in [-0.4, -0.2) is 56.0 Å². The lowest BCUT2D eigenvalue weighted by Gasteiger charge is -2.41. The van der Waals surface area contributed by atoms with E-state index in [1.807, 2.05) is 31.8 Å². The first-order valence-corrected chi connectivity index (χ1v) is 8.64. The van der Waals surface area contributed by atoms with Crippen molar-refractivity contribution in [3.63, 3.8) is 0 Å². The van der Waals surface area contributed by atoms with Gasteiger partial charge in [0.1, 0.15) is 11.4 Å². The fourth-order valence-corrected chi connectivity index (χ4v) is 3.52. The molecule has 2 aromatic rings. The summed E-state index contributed by atoms with van der Waals surface area (Å²) >= 11 is 0. The van der Waals surface area contributed by atoms with Gasteiger partial charge in [0.05, 0.1) is 17.6 Å². The van der Waals surface area contributed by atoms with Gasteiger partial charge in [-0.2, -0.15) is 10.2 Å². The highest BCUT2D eigenvalue weighted by Gasteiger charge is 2.41. The molecule has 1 aliphatic heterocycles. The number of aromatic nitrogens is 4. The molecule has 3 rings (SSSR count). The van der Waals surface area contributed by atoms with E-state index in [4.69, 9.17) is 0 Å². The van der Waals surface area contributed by atoms with E-state index in [9.17, 15) is 4.79 Å². The number of carbonyl (C=O) groups excluding carboxylic acids is 1. The van der Waals surface area contributed by atoms with Crippen LogP contribution in [0.15, 0.2) is 18.3 Å². The summed E-state index contributed by atoms with van der Waals surface area (Å²) in [6, 6.07) is 4.02. The number of likely N-dealkylation sites (tertiary alicyclic amines) is 1. The van der Waals surface area contributed by atoms with Gasteiger partial charge < -0.3 is 10.6 Å². The molecule has 0 saturated carbocycles. The Bertz CT molecular complexity index is 740. The number of likely N-dealkylation sites (N-methyl/N-ethyl adjacent to an activating group) is 1. The zero-order valence-corrected chi connectivity index (χ0v) is 15.4. The second-order valence-corrected chi connectivity index (χ2v) is 6.80. The molecule has 25 heavy (non-hydrogen) atoms. The number of carbonyl (C=O) groups is 1. The molecular weight excluding hydrogens is 318 g/mol. The molecule has 8 nitrogen and oxygen atoms in total. The number of anilines is 1. The maximum Gasteiger partial charge on any atom is 0.245 e. The molecule has 0 atom stereocenters. The average Bonchev–Trinajstić information content (AvgIpc) is 3.13. The quantitative estimate of drug-likeness (QED) is 0.832. The SMILES string of the molecule is CNC(=O)C1(Nc2ccnn2C)CCN(Cc2cc(C)nn2C)CC1. The molecule has 1 aliphatic rings. The fourth-order valence-electron chi connectivity index (χ4n) is 3.52. The Morgan fingerprint density at radius 3 is 2.52 bits per heavy atom. The standard InChI is InChI=1S/C17H27N7O/c1-13-11-14(22(3)21-13)12-24-9-6-17(7-10-24,16(25)18-2)20-15-5-8-19-23(15)4/h5,8,11,20H,6-7,9-10,12H2,1-4H3,(H,18,25). The number of hydrogen-bond donors (Lipinski definition) is 2. The number of rotatable bonds is 5. The van der Waals surface area contributed by atoms with Gasteiger partial charge in [-0.15, -0.1) is 0 Å². The van der Waals surface area contributed by atoms with E-state index >= 15 is 0 Å². The Hall–Kier alpha value is -2.35. The Kier molecular flexibility index (Phi) is 4.80. The van der Waals surface area contributed by atoms with E-state index in [0.717, 1.165) is 44.0 Å². The van der Waals surface area contributed by atoms with Crippen molar-refractivity contribution in [2.75, 3.05) is 25.5 Å². The summed E-state index contributed by atoms with van der Waals surface area (Å²) in [6.07, 6.45) is 3.23. The van der Waals surface area contributed by atoms with Gasteiger partial charge in [-0.1, -0.05) is 0 Å². The highest BCUT2D eigenvalue weighted by molar-refractivity contribution is 5.89. The van der Waals surface area contributed by atoms with Crippen molar-refractivity contribution >= 4 is 11.7 Å². The minimum atomic E-state index is -0.596. The molecule has 2 aromatic heterocycles. The van der Waals surface area contributed by atoms with Gasteiger partial charge in [0, 0.05) is 46.8 Å². The molecule has 0 bridgehead atoms. The van der Waals surface area contributed by atoms with Crippen LogP contribution >= 0.6 is 0 Å². The van der Waals surface area contributed by atoms with Crippen molar-refractivity contribution in [1.29, 1.82) is 0 Å². The van der Waals surface area contributed by atoms with Crippen LogP contribution in [0, 0.1) is 6.92 Å². The smallest absolute Gasteiger partial charge is 0.245 e. The van der Waals surface area contributed by atoms with Crippen molar-refractivity contribution in [3.8, 4) is 0 Å². The summed E-state index contributed by atoms with van der Waals surface area (Å²) in [5, 5.41) is 14.9.